The quantitative estimate of drug-likeness (QED) is 0.858. The Balaban J connectivity index is 1.71. The van der Waals surface area contributed by atoms with E-state index in [4.69, 9.17) is 16.3 Å². The Bertz CT molecular complexity index is 709. The van der Waals surface area contributed by atoms with Crippen LogP contribution < -0.4 is 5.32 Å². The lowest BCUT2D eigenvalue weighted by Gasteiger charge is -2.35. The molecule has 2 aromatic rings. The number of morpholine rings is 1. The smallest absolute Gasteiger partial charge is 0.0641 e. The summed E-state index contributed by atoms with van der Waals surface area (Å²) >= 11 is 6.23. The maximum atomic E-state index is 6.23. The predicted molar refractivity (Wildman–Crippen MR) is 101 cm³/mol. The average Bonchev–Trinajstić information content (AvgIpc) is 2.85. The third kappa shape index (κ3) is 4.42. The Morgan fingerprint density at radius 3 is 2.68 bits per heavy atom. The van der Waals surface area contributed by atoms with Crippen molar-refractivity contribution in [2.24, 2.45) is 7.05 Å². The second kappa shape index (κ2) is 8.32. The molecule has 5 nitrogen and oxygen atoms in total. The van der Waals surface area contributed by atoms with Gasteiger partial charge in [-0.05, 0) is 31.5 Å². The Kier molecular flexibility index (Phi) is 6.12. The molecular weight excluding hydrogens is 336 g/mol. The molecule has 0 aliphatic carbocycles. The van der Waals surface area contributed by atoms with E-state index < -0.39 is 0 Å². The first-order chi connectivity index (χ1) is 12.1. The predicted octanol–water partition coefficient (Wildman–Crippen LogP) is 2.85. The van der Waals surface area contributed by atoms with Gasteiger partial charge < -0.3 is 10.1 Å². The van der Waals surface area contributed by atoms with Crippen molar-refractivity contribution in [1.82, 2.24) is 20.0 Å². The third-order valence-electron chi connectivity index (χ3n) is 5.02. The summed E-state index contributed by atoms with van der Waals surface area (Å²) in [6.45, 7) is 9.36. The van der Waals surface area contributed by atoms with E-state index in [1.54, 1.807) is 0 Å². The summed E-state index contributed by atoms with van der Waals surface area (Å²) in [4.78, 5) is 2.48. The van der Waals surface area contributed by atoms with Crippen molar-refractivity contribution in [3.8, 4) is 0 Å². The number of nitrogens with one attached hydrogen (secondary N) is 1. The molecule has 2 heterocycles. The molecule has 1 N–H and O–H groups in total. The van der Waals surface area contributed by atoms with E-state index in [-0.39, 0.29) is 0 Å². The Morgan fingerprint density at radius 2 is 2.04 bits per heavy atom. The van der Waals surface area contributed by atoms with Gasteiger partial charge in [0, 0.05) is 55.5 Å². The minimum absolute atomic E-state index is 0.292. The third-order valence-corrected chi connectivity index (χ3v) is 5.25. The Morgan fingerprint density at radius 1 is 1.28 bits per heavy atom. The SMILES string of the molecule is Cc1nn(C)c(C)c1CNCC(c1cccc(Cl)c1)N1CCOCC1. The highest BCUT2D eigenvalue weighted by atomic mass is 35.5. The minimum Gasteiger partial charge on any atom is -0.379 e. The first kappa shape index (κ1) is 18.4. The maximum Gasteiger partial charge on any atom is 0.0641 e. The first-order valence-corrected chi connectivity index (χ1v) is 9.21. The molecule has 0 radical (unpaired) electrons. The zero-order chi connectivity index (χ0) is 17.8. The van der Waals surface area contributed by atoms with Gasteiger partial charge in [-0.25, -0.2) is 0 Å². The highest BCUT2D eigenvalue weighted by Gasteiger charge is 2.23. The van der Waals surface area contributed by atoms with Gasteiger partial charge in [-0.3, -0.25) is 9.58 Å². The lowest BCUT2D eigenvalue weighted by molar-refractivity contribution is 0.0161. The fourth-order valence-corrected chi connectivity index (χ4v) is 3.67. The van der Waals surface area contributed by atoms with Gasteiger partial charge in [0.25, 0.3) is 0 Å². The molecule has 1 aliphatic rings. The fourth-order valence-electron chi connectivity index (χ4n) is 3.47. The van der Waals surface area contributed by atoms with Crippen LogP contribution >= 0.6 is 11.6 Å². The van der Waals surface area contributed by atoms with E-state index in [9.17, 15) is 0 Å². The van der Waals surface area contributed by atoms with Crippen molar-refractivity contribution in [1.29, 1.82) is 0 Å². The Hall–Kier alpha value is -1.40. The van der Waals surface area contributed by atoms with Gasteiger partial charge in [0.1, 0.15) is 0 Å². The number of hydrogen-bond donors (Lipinski definition) is 1. The molecule has 1 unspecified atom stereocenters. The van der Waals surface area contributed by atoms with Gasteiger partial charge in [-0.15, -0.1) is 0 Å². The molecule has 1 aromatic heterocycles. The normalized spacial score (nSPS) is 17.0. The van der Waals surface area contributed by atoms with Gasteiger partial charge >= 0.3 is 0 Å². The molecule has 0 bridgehead atoms. The summed E-state index contributed by atoms with van der Waals surface area (Å²) in [6, 6.07) is 8.48. The van der Waals surface area contributed by atoms with Crippen LogP contribution in [0.15, 0.2) is 24.3 Å². The number of halogens is 1. The lowest BCUT2D eigenvalue weighted by atomic mass is 10.0. The van der Waals surface area contributed by atoms with E-state index in [0.717, 1.165) is 50.1 Å². The Labute approximate surface area is 154 Å². The van der Waals surface area contributed by atoms with Crippen LogP contribution in [-0.2, 0) is 18.3 Å². The van der Waals surface area contributed by atoms with E-state index >= 15 is 0 Å². The standard InChI is InChI=1S/C19H27ClN4O/c1-14-18(15(2)23(3)22-14)12-21-13-19(24-7-9-25-10-8-24)16-5-4-6-17(20)11-16/h4-6,11,19,21H,7-10,12-13H2,1-3H3. The second-order valence-electron chi connectivity index (χ2n) is 6.62. The van der Waals surface area contributed by atoms with E-state index in [1.807, 2.05) is 23.9 Å². The molecule has 1 saturated heterocycles. The van der Waals surface area contributed by atoms with Crippen LogP contribution in [-0.4, -0.2) is 47.5 Å². The number of hydrogen-bond acceptors (Lipinski definition) is 4. The monoisotopic (exact) mass is 362 g/mol. The van der Waals surface area contributed by atoms with Crippen molar-refractivity contribution in [2.45, 2.75) is 26.4 Å². The molecule has 25 heavy (non-hydrogen) atoms. The molecule has 3 rings (SSSR count). The molecule has 136 valence electrons. The number of nitrogens with zero attached hydrogens (tertiary/aromatic N) is 3. The number of rotatable bonds is 6. The van der Waals surface area contributed by atoms with Crippen LogP contribution in [0.25, 0.3) is 0 Å². The van der Waals surface area contributed by atoms with Gasteiger partial charge in [0.05, 0.1) is 18.9 Å². The minimum atomic E-state index is 0.292. The fraction of sp³-hybridized carbons (Fsp3) is 0.526. The summed E-state index contributed by atoms with van der Waals surface area (Å²) in [6.07, 6.45) is 0. The molecular formula is C19H27ClN4O. The molecule has 1 atom stereocenters. The highest BCUT2D eigenvalue weighted by molar-refractivity contribution is 6.30. The summed E-state index contributed by atoms with van der Waals surface area (Å²) in [5.41, 5.74) is 4.85. The lowest BCUT2D eigenvalue weighted by Crippen LogP contribution is -2.42. The van der Waals surface area contributed by atoms with Crippen LogP contribution in [0, 0.1) is 13.8 Å². The van der Waals surface area contributed by atoms with Gasteiger partial charge in [-0.1, -0.05) is 23.7 Å². The van der Waals surface area contributed by atoms with E-state index in [0.29, 0.717) is 6.04 Å². The summed E-state index contributed by atoms with van der Waals surface area (Å²) in [5, 5.41) is 8.92. The van der Waals surface area contributed by atoms with Gasteiger partial charge in [0.2, 0.25) is 0 Å². The van der Waals surface area contributed by atoms with Crippen molar-refractivity contribution >= 4 is 11.6 Å². The second-order valence-corrected chi connectivity index (χ2v) is 7.06. The number of benzene rings is 1. The van der Waals surface area contributed by atoms with Crippen LogP contribution in [0.5, 0.6) is 0 Å². The molecule has 1 aromatic carbocycles. The number of aromatic nitrogens is 2. The molecule has 0 amide bonds. The molecule has 6 heteroatoms. The van der Waals surface area contributed by atoms with Gasteiger partial charge in [0.15, 0.2) is 0 Å². The van der Waals surface area contributed by atoms with Crippen LogP contribution in [0.1, 0.15) is 28.6 Å². The average molecular weight is 363 g/mol. The van der Waals surface area contributed by atoms with Crippen molar-refractivity contribution in [3.05, 3.63) is 51.8 Å². The largest absolute Gasteiger partial charge is 0.379 e. The molecule has 0 spiro atoms. The van der Waals surface area contributed by atoms with Crippen molar-refractivity contribution < 1.29 is 4.74 Å². The number of ether oxygens (including phenoxy) is 1. The molecule has 0 saturated carbocycles. The molecule has 1 aliphatic heterocycles. The summed E-state index contributed by atoms with van der Waals surface area (Å²) in [7, 11) is 1.99. The van der Waals surface area contributed by atoms with Gasteiger partial charge in [-0.2, -0.15) is 5.10 Å². The van der Waals surface area contributed by atoms with Crippen LogP contribution in [0.2, 0.25) is 5.02 Å². The van der Waals surface area contributed by atoms with Crippen LogP contribution in [0.3, 0.4) is 0 Å². The zero-order valence-corrected chi connectivity index (χ0v) is 16.0. The highest BCUT2D eigenvalue weighted by Crippen LogP contribution is 2.24. The van der Waals surface area contributed by atoms with Crippen molar-refractivity contribution in [3.63, 3.8) is 0 Å². The van der Waals surface area contributed by atoms with E-state index in [2.05, 4.69) is 41.3 Å². The summed E-state index contributed by atoms with van der Waals surface area (Å²) in [5.74, 6) is 0. The zero-order valence-electron chi connectivity index (χ0n) is 15.3. The first-order valence-electron chi connectivity index (χ1n) is 8.83. The van der Waals surface area contributed by atoms with Crippen LogP contribution in [0.4, 0.5) is 0 Å². The maximum absolute atomic E-state index is 6.23. The number of aryl methyl sites for hydroxylation is 2. The molecule has 1 fully saturated rings. The van der Waals surface area contributed by atoms with Crippen molar-refractivity contribution in [2.75, 3.05) is 32.8 Å². The summed E-state index contributed by atoms with van der Waals surface area (Å²) < 4.78 is 7.47. The van der Waals surface area contributed by atoms with E-state index in [1.165, 1.54) is 16.8 Å². The topological polar surface area (TPSA) is 42.3 Å².